The van der Waals surface area contributed by atoms with Gasteiger partial charge in [0, 0.05) is 10.7 Å². The molecule has 0 aliphatic heterocycles. The van der Waals surface area contributed by atoms with E-state index in [4.69, 9.17) is 16.7 Å². The molecule has 0 aliphatic carbocycles. The average molecular weight is 304 g/mol. The molecule has 0 atom stereocenters. The van der Waals surface area contributed by atoms with Crippen molar-refractivity contribution in [1.82, 2.24) is 0 Å². The summed E-state index contributed by atoms with van der Waals surface area (Å²) in [5, 5.41) is 12.0. The molecule has 0 fully saturated rings. The predicted octanol–water partition coefficient (Wildman–Crippen LogP) is 3.15. The third-order valence-electron chi connectivity index (χ3n) is 2.90. The zero-order valence-electron chi connectivity index (χ0n) is 11.2. The van der Waals surface area contributed by atoms with E-state index in [1.807, 2.05) is 12.1 Å². The van der Waals surface area contributed by atoms with Gasteiger partial charge in [0.25, 0.3) is 0 Å². The van der Waals surface area contributed by atoms with Crippen LogP contribution in [0.1, 0.15) is 11.1 Å². The highest BCUT2D eigenvalue weighted by Gasteiger charge is 2.07. The Labute approximate surface area is 127 Å². The Hall–Kier alpha value is -2.33. The number of nitrogens with one attached hydrogen (secondary N) is 1. The molecule has 5 heteroatoms. The molecule has 4 nitrogen and oxygen atoms in total. The standard InChI is InChI=1S/C16H14ClNO3/c17-14-4-2-1-3-12(14)10-15(19)18-13-7-5-11(6-8-13)9-16(20)21/h1-8H,9-10H2,(H,18,19)(H,20,21). The minimum atomic E-state index is -0.884. The third kappa shape index (κ3) is 4.61. The van der Waals surface area contributed by atoms with Crippen molar-refractivity contribution >= 4 is 29.2 Å². The van der Waals surface area contributed by atoms with Crippen molar-refractivity contribution in [3.63, 3.8) is 0 Å². The van der Waals surface area contributed by atoms with Crippen LogP contribution in [0.5, 0.6) is 0 Å². The minimum Gasteiger partial charge on any atom is -0.481 e. The summed E-state index contributed by atoms with van der Waals surface area (Å²) in [6, 6.07) is 13.9. The van der Waals surface area contributed by atoms with Crippen LogP contribution < -0.4 is 5.32 Å². The Morgan fingerprint density at radius 2 is 1.67 bits per heavy atom. The summed E-state index contributed by atoms with van der Waals surface area (Å²) in [5.41, 5.74) is 2.08. The van der Waals surface area contributed by atoms with Gasteiger partial charge >= 0.3 is 5.97 Å². The van der Waals surface area contributed by atoms with Gasteiger partial charge in [-0.3, -0.25) is 9.59 Å². The van der Waals surface area contributed by atoms with E-state index in [0.29, 0.717) is 16.3 Å². The molecule has 0 aliphatic rings. The second-order valence-corrected chi connectivity index (χ2v) is 4.99. The summed E-state index contributed by atoms with van der Waals surface area (Å²) in [6.07, 6.45) is 0.157. The topological polar surface area (TPSA) is 66.4 Å². The highest BCUT2D eigenvalue weighted by atomic mass is 35.5. The first-order valence-corrected chi connectivity index (χ1v) is 6.76. The number of hydrogen-bond donors (Lipinski definition) is 2. The third-order valence-corrected chi connectivity index (χ3v) is 3.27. The molecule has 1 amide bonds. The lowest BCUT2D eigenvalue weighted by molar-refractivity contribution is -0.136. The zero-order chi connectivity index (χ0) is 15.2. The van der Waals surface area contributed by atoms with Gasteiger partial charge in [0.15, 0.2) is 0 Å². The number of carboxylic acids is 1. The monoisotopic (exact) mass is 303 g/mol. The largest absolute Gasteiger partial charge is 0.481 e. The number of anilines is 1. The first kappa shape index (κ1) is 15.1. The predicted molar refractivity (Wildman–Crippen MR) is 81.6 cm³/mol. The lowest BCUT2D eigenvalue weighted by Crippen LogP contribution is -2.14. The van der Waals surface area contributed by atoms with Gasteiger partial charge in [-0.15, -0.1) is 0 Å². The van der Waals surface area contributed by atoms with Gasteiger partial charge in [0.05, 0.1) is 12.8 Å². The number of rotatable bonds is 5. The minimum absolute atomic E-state index is 0.0339. The summed E-state index contributed by atoms with van der Waals surface area (Å²) >= 11 is 6.00. The molecule has 0 aromatic heterocycles. The van der Waals surface area contributed by atoms with Gasteiger partial charge < -0.3 is 10.4 Å². The van der Waals surface area contributed by atoms with Crippen LogP contribution in [0.3, 0.4) is 0 Å². The van der Waals surface area contributed by atoms with Gasteiger partial charge in [-0.25, -0.2) is 0 Å². The second kappa shape index (κ2) is 6.90. The van der Waals surface area contributed by atoms with Gasteiger partial charge in [-0.2, -0.15) is 0 Å². The molecular weight excluding hydrogens is 290 g/mol. The van der Waals surface area contributed by atoms with Crippen molar-refractivity contribution in [1.29, 1.82) is 0 Å². The molecule has 108 valence electrons. The number of aliphatic carboxylic acids is 1. The maximum absolute atomic E-state index is 11.9. The fourth-order valence-electron chi connectivity index (χ4n) is 1.90. The van der Waals surface area contributed by atoms with E-state index in [-0.39, 0.29) is 18.7 Å². The average Bonchev–Trinajstić information content (AvgIpc) is 2.43. The van der Waals surface area contributed by atoms with Crippen molar-refractivity contribution in [2.24, 2.45) is 0 Å². The summed E-state index contributed by atoms with van der Waals surface area (Å²) in [4.78, 5) is 22.5. The Balaban J connectivity index is 1.96. The van der Waals surface area contributed by atoms with Gasteiger partial charge in [0.2, 0.25) is 5.91 Å². The Morgan fingerprint density at radius 1 is 1.00 bits per heavy atom. The van der Waals surface area contributed by atoms with Gasteiger partial charge in [-0.05, 0) is 29.3 Å². The number of carbonyl (C=O) groups is 2. The van der Waals surface area contributed by atoms with E-state index in [2.05, 4.69) is 5.32 Å². The lowest BCUT2D eigenvalue weighted by atomic mass is 10.1. The first-order chi connectivity index (χ1) is 10.0. The van der Waals surface area contributed by atoms with Crippen LogP contribution in [0.4, 0.5) is 5.69 Å². The number of hydrogen-bond acceptors (Lipinski definition) is 2. The van der Waals surface area contributed by atoms with E-state index < -0.39 is 5.97 Å². The molecule has 0 heterocycles. The number of carboxylic acid groups (broad SMARTS) is 1. The molecule has 2 aromatic carbocycles. The highest BCUT2D eigenvalue weighted by molar-refractivity contribution is 6.31. The fraction of sp³-hybridized carbons (Fsp3) is 0.125. The summed E-state index contributed by atoms with van der Waals surface area (Å²) in [6.45, 7) is 0. The summed E-state index contributed by atoms with van der Waals surface area (Å²) in [7, 11) is 0. The van der Waals surface area contributed by atoms with Gasteiger partial charge in [-0.1, -0.05) is 41.9 Å². The zero-order valence-corrected chi connectivity index (χ0v) is 11.9. The lowest BCUT2D eigenvalue weighted by Gasteiger charge is -2.07. The van der Waals surface area contributed by atoms with E-state index in [0.717, 1.165) is 5.56 Å². The molecule has 2 aromatic rings. The molecule has 2 rings (SSSR count). The Kier molecular flexibility index (Phi) is 4.95. The van der Waals surface area contributed by atoms with E-state index in [1.165, 1.54) is 0 Å². The molecule has 0 unspecified atom stereocenters. The molecule has 0 bridgehead atoms. The maximum atomic E-state index is 11.9. The van der Waals surface area contributed by atoms with Crippen LogP contribution in [0.2, 0.25) is 5.02 Å². The molecule has 2 N–H and O–H groups in total. The van der Waals surface area contributed by atoms with E-state index in [1.54, 1.807) is 36.4 Å². The fourth-order valence-corrected chi connectivity index (χ4v) is 2.10. The number of halogens is 1. The van der Waals surface area contributed by atoms with Crippen LogP contribution >= 0.6 is 11.6 Å². The highest BCUT2D eigenvalue weighted by Crippen LogP contribution is 2.16. The smallest absolute Gasteiger partial charge is 0.307 e. The van der Waals surface area contributed by atoms with Crippen molar-refractivity contribution in [3.8, 4) is 0 Å². The first-order valence-electron chi connectivity index (χ1n) is 6.38. The normalized spacial score (nSPS) is 10.1. The number of benzene rings is 2. The van der Waals surface area contributed by atoms with Gasteiger partial charge in [0.1, 0.15) is 0 Å². The van der Waals surface area contributed by atoms with Crippen molar-refractivity contribution < 1.29 is 14.7 Å². The van der Waals surface area contributed by atoms with Crippen LogP contribution in [-0.4, -0.2) is 17.0 Å². The van der Waals surface area contributed by atoms with Crippen LogP contribution in [-0.2, 0) is 22.4 Å². The Bertz CT molecular complexity index is 653. The maximum Gasteiger partial charge on any atom is 0.307 e. The molecule has 0 spiro atoms. The molecule has 0 saturated carbocycles. The number of carbonyl (C=O) groups excluding carboxylic acids is 1. The molecule has 0 radical (unpaired) electrons. The Morgan fingerprint density at radius 3 is 2.29 bits per heavy atom. The summed E-state index contributed by atoms with van der Waals surface area (Å²) in [5.74, 6) is -1.06. The van der Waals surface area contributed by atoms with E-state index in [9.17, 15) is 9.59 Å². The molecular formula is C16H14ClNO3. The quantitative estimate of drug-likeness (QED) is 0.891. The van der Waals surface area contributed by atoms with Crippen LogP contribution in [0.15, 0.2) is 48.5 Å². The molecule has 0 saturated heterocycles. The van der Waals surface area contributed by atoms with Crippen molar-refractivity contribution in [3.05, 3.63) is 64.7 Å². The summed E-state index contributed by atoms with van der Waals surface area (Å²) < 4.78 is 0. The SMILES string of the molecule is O=C(O)Cc1ccc(NC(=O)Cc2ccccc2Cl)cc1. The van der Waals surface area contributed by atoms with Crippen molar-refractivity contribution in [2.45, 2.75) is 12.8 Å². The van der Waals surface area contributed by atoms with Crippen molar-refractivity contribution in [2.75, 3.05) is 5.32 Å². The molecule has 21 heavy (non-hydrogen) atoms. The van der Waals surface area contributed by atoms with Crippen LogP contribution in [0.25, 0.3) is 0 Å². The van der Waals surface area contributed by atoms with E-state index >= 15 is 0 Å². The second-order valence-electron chi connectivity index (χ2n) is 4.58. The number of amides is 1. The van der Waals surface area contributed by atoms with Crippen LogP contribution in [0, 0.1) is 0 Å².